The van der Waals surface area contributed by atoms with Crippen molar-refractivity contribution in [3.05, 3.63) is 0 Å². The van der Waals surface area contributed by atoms with Gasteiger partial charge in [-0.05, 0) is 25.7 Å². The van der Waals surface area contributed by atoms with Gasteiger partial charge in [-0.25, -0.2) is 9.59 Å². The molecule has 6 nitrogen and oxygen atoms in total. The third kappa shape index (κ3) is 9.23. The van der Waals surface area contributed by atoms with Crippen LogP contribution in [0.25, 0.3) is 0 Å². The van der Waals surface area contributed by atoms with Crippen LogP contribution in [0.1, 0.15) is 80.6 Å². The molecule has 0 fully saturated rings. The smallest absolute Gasteiger partial charge is 0.295 e. The van der Waals surface area contributed by atoms with Crippen molar-refractivity contribution in [2.45, 2.75) is 86.4 Å². The van der Waals surface area contributed by atoms with E-state index >= 15 is 0 Å². The Hall–Kier alpha value is -1.14. The van der Waals surface area contributed by atoms with Gasteiger partial charge in [-0.1, -0.05) is 54.4 Å². The molecule has 142 valence electrons. The van der Waals surface area contributed by atoms with Gasteiger partial charge in [-0.15, -0.1) is 9.78 Å². The van der Waals surface area contributed by atoms with Crippen LogP contribution in [0.2, 0.25) is 0 Å². The Morgan fingerprint density at radius 3 is 1.92 bits per heavy atom. The number of rotatable bonds is 12. The first-order valence-corrected chi connectivity index (χ1v) is 8.94. The fourth-order valence-corrected chi connectivity index (χ4v) is 2.19. The minimum absolute atomic E-state index is 0.188. The van der Waals surface area contributed by atoms with Gasteiger partial charge in [0.2, 0.25) is 0 Å². The highest BCUT2D eigenvalue weighted by Crippen LogP contribution is 2.25. The van der Waals surface area contributed by atoms with Crippen LogP contribution in [-0.4, -0.2) is 17.7 Å². The van der Waals surface area contributed by atoms with Gasteiger partial charge in [0.25, 0.3) is 5.79 Å². The summed E-state index contributed by atoms with van der Waals surface area (Å²) >= 11 is 0. The first-order valence-electron chi connectivity index (χ1n) is 8.94. The fourth-order valence-electron chi connectivity index (χ4n) is 2.19. The van der Waals surface area contributed by atoms with Gasteiger partial charge in [0.15, 0.2) is 0 Å². The van der Waals surface area contributed by atoms with Gasteiger partial charge in [0.05, 0.1) is 11.8 Å². The summed E-state index contributed by atoms with van der Waals surface area (Å²) in [4.78, 5) is 43.9. The molecule has 0 saturated heterocycles. The summed E-state index contributed by atoms with van der Waals surface area (Å²) < 4.78 is 0. The lowest BCUT2D eigenvalue weighted by Gasteiger charge is -2.27. The van der Waals surface area contributed by atoms with E-state index in [0.717, 1.165) is 19.3 Å². The van der Waals surface area contributed by atoms with Crippen LogP contribution >= 0.6 is 0 Å². The summed E-state index contributed by atoms with van der Waals surface area (Å²) in [6.45, 7) is 12.9. The van der Waals surface area contributed by atoms with E-state index in [1.54, 1.807) is 20.8 Å². The lowest BCUT2D eigenvalue weighted by molar-refractivity contribution is -0.480. The van der Waals surface area contributed by atoms with Crippen molar-refractivity contribution in [1.29, 1.82) is 0 Å². The monoisotopic (exact) mass is 346 g/mol. The second kappa shape index (κ2) is 11.4. The third-order valence-electron chi connectivity index (χ3n) is 3.58. The Balaban J connectivity index is 4.70. The van der Waals surface area contributed by atoms with E-state index in [1.165, 1.54) is 0 Å². The average molecular weight is 346 g/mol. The maximum absolute atomic E-state index is 12.1. The number of hydrogen-bond acceptors (Lipinski definition) is 6. The molecule has 0 heterocycles. The van der Waals surface area contributed by atoms with Gasteiger partial charge in [0.1, 0.15) is 0 Å². The number of hydrogen-bond donors (Lipinski definition) is 0. The SMILES string of the molecule is CCCCC(CC)C(=O)OOC(C)(CC(C)C)OOC(=O)C(C)C. The topological polar surface area (TPSA) is 71.1 Å². The molecule has 0 saturated carbocycles. The molecule has 0 bridgehead atoms. The van der Waals surface area contributed by atoms with E-state index in [-0.39, 0.29) is 17.8 Å². The molecule has 0 aromatic heterocycles. The van der Waals surface area contributed by atoms with Crippen LogP contribution in [-0.2, 0) is 29.1 Å². The Kier molecular flexibility index (Phi) is 10.9. The number of unbranched alkanes of at least 4 members (excludes halogenated alkanes) is 1. The van der Waals surface area contributed by atoms with Crippen molar-refractivity contribution in [1.82, 2.24) is 0 Å². The summed E-state index contributed by atoms with van der Waals surface area (Å²) in [6, 6.07) is 0. The van der Waals surface area contributed by atoms with Crippen LogP contribution in [0.5, 0.6) is 0 Å². The average Bonchev–Trinajstić information content (AvgIpc) is 2.50. The molecule has 0 rings (SSSR count). The summed E-state index contributed by atoms with van der Waals surface area (Å²) in [5.41, 5.74) is 0. The summed E-state index contributed by atoms with van der Waals surface area (Å²) in [5, 5.41) is 0. The van der Waals surface area contributed by atoms with E-state index in [4.69, 9.17) is 19.6 Å². The van der Waals surface area contributed by atoms with Crippen molar-refractivity contribution in [2.24, 2.45) is 17.8 Å². The zero-order valence-electron chi connectivity index (χ0n) is 16.2. The highest BCUT2D eigenvalue weighted by atomic mass is 17.3. The standard InChI is InChI=1S/C18H34O6/c1-8-10-11-15(9-2)17(20)22-24-18(7,12-13(3)4)23-21-16(19)14(5)6/h13-15H,8-12H2,1-7H3. The first-order chi connectivity index (χ1) is 11.1. The summed E-state index contributed by atoms with van der Waals surface area (Å²) in [5.74, 6) is -2.60. The van der Waals surface area contributed by atoms with Gasteiger partial charge in [-0.3, -0.25) is 9.78 Å². The summed E-state index contributed by atoms with van der Waals surface area (Å²) in [6.07, 6.45) is 3.83. The van der Waals surface area contributed by atoms with Crippen LogP contribution < -0.4 is 0 Å². The molecule has 0 radical (unpaired) electrons. The van der Waals surface area contributed by atoms with Crippen LogP contribution in [0.3, 0.4) is 0 Å². The molecule has 6 heteroatoms. The quantitative estimate of drug-likeness (QED) is 0.293. The van der Waals surface area contributed by atoms with Gasteiger partial charge < -0.3 is 0 Å². The molecule has 0 spiro atoms. The highest BCUT2D eigenvalue weighted by molar-refractivity contribution is 5.71. The van der Waals surface area contributed by atoms with Crippen LogP contribution in [0, 0.1) is 17.8 Å². The lowest BCUT2D eigenvalue weighted by Crippen LogP contribution is -2.37. The van der Waals surface area contributed by atoms with Crippen molar-refractivity contribution in [3.63, 3.8) is 0 Å². The molecule has 0 N–H and O–H groups in total. The van der Waals surface area contributed by atoms with Gasteiger partial charge in [-0.2, -0.15) is 0 Å². The minimum atomic E-state index is -1.34. The van der Waals surface area contributed by atoms with Gasteiger partial charge in [0, 0.05) is 6.42 Å². The predicted molar refractivity (Wildman–Crippen MR) is 90.4 cm³/mol. The van der Waals surface area contributed by atoms with Crippen molar-refractivity contribution >= 4 is 11.9 Å². The maximum Gasteiger partial charge on any atom is 0.345 e. The van der Waals surface area contributed by atoms with E-state index in [2.05, 4.69) is 6.92 Å². The van der Waals surface area contributed by atoms with E-state index in [9.17, 15) is 9.59 Å². The Bertz CT molecular complexity index is 380. The Morgan fingerprint density at radius 2 is 1.50 bits per heavy atom. The van der Waals surface area contributed by atoms with E-state index in [0.29, 0.717) is 12.8 Å². The number of carbonyl (C=O) groups is 2. The normalized spacial score (nSPS) is 15.2. The van der Waals surface area contributed by atoms with Crippen molar-refractivity contribution in [2.75, 3.05) is 0 Å². The van der Waals surface area contributed by atoms with Crippen molar-refractivity contribution in [3.8, 4) is 0 Å². The molecular formula is C18H34O6. The van der Waals surface area contributed by atoms with E-state index in [1.807, 2.05) is 20.8 Å². The maximum atomic E-state index is 12.1. The van der Waals surface area contributed by atoms with Gasteiger partial charge >= 0.3 is 11.9 Å². The predicted octanol–water partition coefficient (Wildman–Crippen LogP) is 4.57. The van der Waals surface area contributed by atoms with E-state index < -0.39 is 17.7 Å². The fraction of sp³-hybridized carbons (Fsp3) is 0.889. The molecule has 0 aliphatic carbocycles. The Labute approximate surface area is 146 Å². The minimum Gasteiger partial charge on any atom is -0.295 e. The molecule has 0 amide bonds. The molecule has 0 aromatic carbocycles. The molecular weight excluding hydrogens is 312 g/mol. The second-order valence-electron chi connectivity index (χ2n) is 7.11. The zero-order chi connectivity index (χ0) is 18.8. The summed E-state index contributed by atoms with van der Waals surface area (Å²) in [7, 11) is 0. The van der Waals surface area contributed by atoms with Crippen LogP contribution in [0.15, 0.2) is 0 Å². The largest absolute Gasteiger partial charge is 0.345 e. The lowest BCUT2D eigenvalue weighted by atomic mass is 10.00. The second-order valence-corrected chi connectivity index (χ2v) is 7.11. The molecule has 0 aromatic rings. The Morgan fingerprint density at radius 1 is 0.958 bits per heavy atom. The zero-order valence-corrected chi connectivity index (χ0v) is 16.2. The number of carbonyl (C=O) groups excluding carboxylic acids is 2. The molecule has 2 atom stereocenters. The van der Waals surface area contributed by atoms with Crippen molar-refractivity contribution < 1.29 is 29.1 Å². The third-order valence-corrected chi connectivity index (χ3v) is 3.58. The highest BCUT2D eigenvalue weighted by Gasteiger charge is 2.35. The van der Waals surface area contributed by atoms with Crippen LogP contribution in [0.4, 0.5) is 0 Å². The molecule has 24 heavy (non-hydrogen) atoms. The molecule has 2 unspecified atom stereocenters. The molecule has 0 aliphatic rings. The molecule has 0 aliphatic heterocycles. The first kappa shape index (κ1) is 22.9.